The fourth-order valence-electron chi connectivity index (χ4n) is 2.37. The molecule has 122 valence electrons. The lowest BCUT2D eigenvalue weighted by molar-refractivity contribution is -0.121. The van der Waals surface area contributed by atoms with Crippen molar-refractivity contribution in [1.29, 1.82) is 0 Å². The van der Waals surface area contributed by atoms with Gasteiger partial charge in [-0.05, 0) is 55.0 Å². The van der Waals surface area contributed by atoms with Gasteiger partial charge in [-0.2, -0.15) is 0 Å². The molecule has 0 bridgehead atoms. The maximum atomic E-state index is 12.0. The van der Waals surface area contributed by atoms with Gasteiger partial charge in [0.1, 0.15) is 17.3 Å². The highest BCUT2D eigenvalue weighted by Gasteiger charge is 2.23. The molecule has 1 aliphatic heterocycles. The number of aliphatic imine (C=N–C) groups is 1. The number of methoxy groups -OCH3 is 1. The molecular weight excluding hydrogens is 302 g/mol. The summed E-state index contributed by atoms with van der Waals surface area (Å²) < 4.78 is 5.15. The molecule has 3 rings (SSSR count). The first kappa shape index (κ1) is 15.8. The highest BCUT2D eigenvalue weighted by atomic mass is 16.5. The number of benzene rings is 2. The Balaban J connectivity index is 1.72. The SMILES string of the molecule is COc1ccc(Nc2ccc(/C=C3\N=C(C)N(C)C3=O)cc2)cc1. The first-order chi connectivity index (χ1) is 11.6. The maximum Gasteiger partial charge on any atom is 0.277 e. The highest BCUT2D eigenvalue weighted by Crippen LogP contribution is 2.22. The van der Waals surface area contributed by atoms with Crippen LogP contribution in [0.15, 0.2) is 59.2 Å². The van der Waals surface area contributed by atoms with Gasteiger partial charge in [-0.3, -0.25) is 9.69 Å². The van der Waals surface area contributed by atoms with Crippen molar-refractivity contribution in [3.8, 4) is 5.75 Å². The lowest BCUT2D eigenvalue weighted by Gasteiger charge is -2.08. The second-order valence-corrected chi connectivity index (χ2v) is 5.53. The Morgan fingerprint density at radius 3 is 2.12 bits per heavy atom. The number of rotatable bonds is 4. The number of amidine groups is 1. The third-order valence-corrected chi connectivity index (χ3v) is 3.88. The molecule has 1 heterocycles. The summed E-state index contributed by atoms with van der Waals surface area (Å²) in [6.45, 7) is 1.82. The summed E-state index contributed by atoms with van der Waals surface area (Å²) in [6.07, 6.45) is 1.80. The van der Waals surface area contributed by atoms with Crippen LogP contribution in [-0.2, 0) is 4.79 Å². The van der Waals surface area contributed by atoms with Crippen LogP contribution in [0.4, 0.5) is 11.4 Å². The van der Waals surface area contributed by atoms with E-state index in [2.05, 4.69) is 10.3 Å². The zero-order chi connectivity index (χ0) is 17.1. The Morgan fingerprint density at radius 1 is 1.04 bits per heavy atom. The van der Waals surface area contributed by atoms with Crippen LogP contribution in [0, 0.1) is 0 Å². The minimum Gasteiger partial charge on any atom is -0.497 e. The van der Waals surface area contributed by atoms with E-state index in [4.69, 9.17) is 4.74 Å². The van der Waals surface area contributed by atoms with Crippen molar-refractivity contribution in [1.82, 2.24) is 4.90 Å². The van der Waals surface area contributed by atoms with E-state index in [9.17, 15) is 4.79 Å². The molecule has 2 aromatic carbocycles. The van der Waals surface area contributed by atoms with Crippen LogP contribution in [0.25, 0.3) is 6.08 Å². The van der Waals surface area contributed by atoms with Crippen molar-refractivity contribution in [3.63, 3.8) is 0 Å². The monoisotopic (exact) mass is 321 g/mol. The molecular formula is C19H19N3O2. The van der Waals surface area contributed by atoms with E-state index in [0.29, 0.717) is 11.5 Å². The largest absolute Gasteiger partial charge is 0.497 e. The van der Waals surface area contributed by atoms with Crippen molar-refractivity contribution >= 4 is 29.2 Å². The smallest absolute Gasteiger partial charge is 0.277 e. The lowest BCUT2D eigenvalue weighted by atomic mass is 10.1. The van der Waals surface area contributed by atoms with Crippen molar-refractivity contribution in [2.24, 2.45) is 4.99 Å². The van der Waals surface area contributed by atoms with E-state index >= 15 is 0 Å². The molecule has 0 spiro atoms. The van der Waals surface area contributed by atoms with Crippen molar-refractivity contribution in [2.75, 3.05) is 19.5 Å². The van der Waals surface area contributed by atoms with Gasteiger partial charge in [-0.25, -0.2) is 4.99 Å². The van der Waals surface area contributed by atoms with Crippen LogP contribution in [0.1, 0.15) is 12.5 Å². The molecule has 0 aliphatic carbocycles. The van der Waals surface area contributed by atoms with Crippen molar-refractivity contribution < 1.29 is 9.53 Å². The topological polar surface area (TPSA) is 53.9 Å². The average molecular weight is 321 g/mol. The van der Waals surface area contributed by atoms with Gasteiger partial charge in [-0.1, -0.05) is 12.1 Å². The van der Waals surface area contributed by atoms with Gasteiger partial charge >= 0.3 is 0 Å². The first-order valence-electron chi connectivity index (χ1n) is 7.63. The molecule has 24 heavy (non-hydrogen) atoms. The van der Waals surface area contributed by atoms with E-state index in [-0.39, 0.29) is 5.91 Å². The van der Waals surface area contributed by atoms with E-state index in [0.717, 1.165) is 22.7 Å². The van der Waals surface area contributed by atoms with Crippen LogP contribution in [0.3, 0.4) is 0 Å². The van der Waals surface area contributed by atoms with Gasteiger partial charge in [0.05, 0.1) is 7.11 Å². The van der Waals surface area contributed by atoms with Gasteiger partial charge in [0.2, 0.25) is 0 Å². The quantitative estimate of drug-likeness (QED) is 0.874. The molecule has 5 heteroatoms. The number of hydrogen-bond acceptors (Lipinski definition) is 4. The Labute approximate surface area is 141 Å². The van der Waals surface area contributed by atoms with Crippen molar-refractivity contribution in [3.05, 3.63) is 59.8 Å². The fourth-order valence-corrected chi connectivity index (χ4v) is 2.37. The van der Waals surface area contributed by atoms with Crippen LogP contribution in [-0.4, -0.2) is 30.8 Å². The Kier molecular flexibility index (Phi) is 4.33. The minimum absolute atomic E-state index is 0.0760. The molecule has 0 saturated heterocycles. The van der Waals surface area contributed by atoms with Gasteiger partial charge in [0, 0.05) is 18.4 Å². The number of amides is 1. The third-order valence-electron chi connectivity index (χ3n) is 3.88. The zero-order valence-corrected chi connectivity index (χ0v) is 13.9. The van der Waals surface area contributed by atoms with Gasteiger partial charge in [0.15, 0.2) is 0 Å². The van der Waals surface area contributed by atoms with E-state index in [1.807, 2.05) is 55.5 Å². The Morgan fingerprint density at radius 2 is 1.62 bits per heavy atom. The number of ether oxygens (including phenoxy) is 1. The number of nitrogens with one attached hydrogen (secondary N) is 1. The summed E-state index contributed by atoms with van der Waals surface area (Å²) in [5.74, 6) is 1.46. The lowest BCUT2D eigenvalue weighted by Crippen LogP contribution is -2.25. The maximum absolute atomic E-state index is 12.0. The average Bonchev–Trinajstić information content (AvgIpc) is 2.84. The summed E-state index contributed by atoms with van der Waals surface area (Å²) >= 11 is 0. The Bertz CT molecular complexity index is 806. The van der Waals surface area contributed by atoms with Gasteiger partial charge in [0.25, 0.3) is 5.91 Å². The summed E-state index contributed by atoms with van der Waals surface area (Å²) in [5.41, 5.74) is 3.35. The molecule has 1 N–H and O–H groups in total. The molecule has 1 amide bonds. The zero-order valence-electron chi connectivity index (χ0n) is 13.9. The standard InChI is InChI=1S/C19H19N3O2/c1-13-20-18(19(23)22(13)2)12-14-4-6-15(7-5-14)21-16-8-10-17(24-3)11-9-16/h4-12,21H,1-3H3/b18-12-. The molecule has 5 nitrogen and oxygen atoms in total. The molecule has 0 aromatic heterocycles. The normalized spacial score (nSPS) is 15.6. The fraction of sp³-hybridized carbons (Fsp3) is 0.158. The molecule has 0 radical (unpaired) electrons. The second kappa shape index (κ2) is 6.58. The predicted molar refractivity (Wildman–Crippen MR) is 96.6 cm³/mol. The summed E-state index contributed by atoms with van der Waals surface area (Å²) in [7, 11) is 3.37. The van der Waals surface area contributed by atoms with Crippen LogP contribution < -0.4 is 10.1 Å². The molecule has 0 fully saturated rings. The second-order valence-electron chi connectivity index (χ2n) is 5.53. The summed E-state index contributed by atoms with van der Waals surface area (Å²) in [5, 5.41) is 3.32. The number of nitrogens with zero attached hydrogens (tertiary/aromatic N) is 2. The summed E-state index contributed by atoms with van der Waals surface area (Å²) in [6, 6.07) is 15.6. The molecule has 2 aromatic rings. The molecule has 0 atom stereocenters. The predicted octanol–water partition coefficient (Wildman–Crippen LogP) is 3.67. The number of likely N-dealkylation sites (N-methyl/N-ethyl adjacent to an activating group) is 1. The van der Waals surface area contributed by atoms with Gasteiger partial charge in [-0.15, -0.1) is 0 Å². The van der Waals surface area contributed by atoms with Gasteiger partial charge < -0.3 is 10.1 Å². The number of anilines is 2. The third kappa shape index (κ3) is 3.30. The molecule has 0 unspecified atom stereocenters. The molecule has 1 aliphatic rings. The van der Waals surface area contributed by atoms with E-state index in [1.54, 1.807) is 25.1 Å². The van der Waals surface area contributed by atoms with Crippen LogP contribution >= 0.6 is 0 Å². The molecule has 0 saturated carbocycles. The highest BCUT2D eigenvalue weighted by molar-refractivity contribution is 6.13. The first-order valence-corrected chi connectivity index (χ1v) is 7.63. The Hall–Kier alpha value is -3.08. The van der Waals surface area contributed by atoms with E-state index < -0.39 is 0 Å². The van der Waals surface area contributed by atoms with E-state index in [1.165, 1.54) is 0 Å². The number of hydrogen-bond donors (Lipinski definition) is 1. The summed E-state index contributed by atoms with van der Waals surface area (Å²) in [4.78, 5) is 17.8. The van der Waals surface area contributed by atoms with Crippen molar-refractivity contribution in [2.45, 2.75) is 6.92 Å². The minimum atomic E-state index is -0.0760. The number of carbonyl (C=O) groups is 1. The number of carbonyl (C=O) groups excluding carboxylic acids is 1. The van der Waals surface area contributed by atoms with Crippen LogP contribution in [0.5, 0.6) is 5.75 Å². The van der Waals surface area contributed by atoms with Crippen LogP contribution in [0.2, 0.25) is 0 Å².